The number of halogens is 1. The van der Waals surface area contributed by atoms with Crippen LogP contribution in [0.2, 0.25) is 0 Å². The van der Waals surface area contributed by atoms with E-state index in [0.717, 1.165) is 6.07 Å². The molecule has 2 amide bonds. The third-order valence-corrected chi connectivity index (χ3v) is 2.79. The molecule has 8 heteroatoms. The van der Waals surface area contributed by atoms with Crippen molar-refractivity contribution >= 4 is 17.7 Å². The van der Waals surface area contributed by atoms with Gasteiger partial charge in [0, 0.05) is 25.4 Å². The number of hydrogen-bond donors (Lipinski definition) is 2. The van der Waals surface area contributed by atoms with Crippen molar-refractivity contribution in [3.8, 4) is 11.5 Å². The molecule has 1 aromatic heterocycles. The molecule has 0 fully saturated rings. The number of pyridine rings is 1. The fraction of sp³-hybridized carbons (Fsp3) is 0.133. The molecule has 0 unspecified atom stereocenters. The minimum Gasteiger partial charge on any atom is -0.457 e. The zero-order chi connectivity index (χ0) is 16.8. The van der Waals surface area contributed by atoms with E-state index in [1.165, 1.54) is 44.6 Å². The summed E-state index contributed by atoms with van der Waals surface area (Å²) in [5.74, 6) is -0.522. The molecule has 0 spiro atoms. The third kappa shape index (κ3) is 4.16. The van der Waals surface area contributed by atoms with Crippen LogP contribution in [0.3, 0.4) is 0 Å². The van der Waals surface area contributed by atoms with Crippen molar-refractivity contribution in [3.63, 3.8) is 0 Å². The number of carbonyl (C=O) groups is 2. The summed E-state index contributed by atoms with van der Waals surface area (Å²) in [7, 11) is 2.66. The molecule has 0 bridgehead atoms. The monoisotopic (exact) mass is 319 g/mol. The van der Waals surface area contributed by atoms with Gasteiger partial charge in [0.15, 0.2) is 5.82 Å². The van der Waals surface area contributed by atoms with Crippen molar-refractivity contribution in [2.24, 2.45) is 0 Å². The van der Waals surface area contributed by atoms with E-state index in [0.29, 0.717) is 5.75 Å². The number of hydrogen-bond acceptors (Lipinski definition) is 5. The second-order valence-corrected chi connectivity index (χ2v) is 4.32. The summed E-state index contributed by atoms with van der Waals surface area (Å²) in [6.07, 6.45) is 0.630. The Hall–Kier alpha value is -3.16. The summed E-state index contributed by atoms with van der Waals surface area (Å²) in [5.41, 5.74) is 0.138. The minimum atomic E-state index is -0.776. The van der Waals surface area contributed by atoms with Crippen molar-refractivity contribution in [2.75, 3.05) is 19.5 Å². The van der Waals surface area contributed by atoms with E-state index >= 15 is 0 Å². The molecule has 0 aliphatic heterocycles. The maximum Gasteiger partial charge on any atom is 0.411 e. The normalized spacial score (nSPS) is 9.87. The predicted molar refractivity (Wildman–Crippen MR) is 80.1 cm³/mol. The van der Waals surface area contributed by atoms with E-state index in [1.54, 1.807) is 0 Å². The number of benzene rings is 1. The van der Waals surface area contributed by atoms with E-state index in [2.05, 4.69) is 20.4 Å². The van der Waals surface area contributed by atoms with Crippen LogP contribution in [0, 0.1) is 5.82 Å². The Morgan fingerprint density at radius 3 is 2.57 bits per heavy atom. The zero-order valence-electron chi connectivity index (χ0n) is 12.4. The number of rotatable bonds is 4. The fourth-order valence-electron chi connectivity index (χ4n) is 1.68. The second-order valence-electron chi connectivity index (χ2n) is 4.32. The van der Waals surface area contributed by atoms with Gasteiger partial charge in [-0.3, -0.25) is 15.1 Å². The van der Waals surface area contributed by atoms with Crippen molar-refractivity contribution in [3.05, 3.63) is 48.0 Å². The van der Waals surface area contributed by atoms with E-state index in [-0.39, 0.29) is 23.0 Å². The topological polar surface area (TPSA) is 89.6 Å². The standard InChI is InChI=1S/C15H14FN3O4/c1-17-14(20)13-8-10(5-6-18-13)23-9-3-4-12(11(16)7-9)19-15(21)22-2/h3-8H,1-2H3,(H,17,20)(H,19,21). The molecule has 2 N–H and O–H groups in total. The Bertz CT molecular complexity index is 736. The van der Waals surface area contributed by atoms with Gasteiger partial charge in [0.05, 0.1) is 12.8 Å². The highest BCUT2D eigenvalue weighted by Gasteiger charge is 2.10. The molecule has 120 valence electrons. The highest BCUT2D eigenvalue weighted by atomic mass is 19.1. The number of amides is 2. The Morgan fingerprint density at radius 2 is 1.91 bits per heavy atom. The van der Waals surface area contributed by atoms with Gasteiger partial charge in [-0.1, -0.05) is 0 Å². The molecule has 0 atom stereocenters. The van der Waals surface area contributed by atoms with Gasteiger partial charge in [0.25, 0.3) is 5.91 Å². The lowest BCUT2D eigenvalue weighted by molar-refractivity contribution is 0.0957. The maximum absolute atomic E-state index is 13.9. The first-order chi connectivity index (χ1) is 11.0. The van der Waals surface area contributed by atoms with Gasteiger partial charge in [-0.25, -0.2) is 9.18 Å². The summed E-state index contributed by atoms with van der Waals surface area (Å²) < 4.78 is 23.8. The van der Waals surface area contributed by atoms with E-state index in [9.17, 15) is 14.0 Å². The van der Waals surface area contributed by atoms with Crippen molar-refractivity contribution in [1.29, 1.82) is 0 Å². The molecule has 7 nitrogen and oxygen atoms in total. The number of aromatic nitrogens is 1. The minimum absolute atomic E-state index is 0.0371. The number of methoxy groups -OCH3 is 1. The summed E-state index contributed by atoms with van der Waals surface area (Å²) in [5, 5.41) is 4.67. The lowest BCUT2D eigenvalue weighted by Gasteiger charge is -2.09. The molecule has 2 aromatic rings. The van der Waals surface area contributed by atoms with Gasteiger partial charge in [-0.15, -0.1) is 0 Å². The number of ether oxygens (including phenoxy) is 2. The van der Waals surface area contributed by atoms with Gasteiger partial charge in [0.2, 0.25) is 0 Å². The lowest BCUT2D eigenvalue weighted by atomic mass is 10.3. The van der Waals surface area contributed by atoms with E-state index in [1.807, 2.05) is 0 Å². The van der Waals surface area contributed by atoms with Crippen LogP contribution in [0.15, 0.2) is 36.5 Å². The first kappa shape index (κ1) is 16.2. The predicted octanol–water partition coefficient (Wildman–Crippen LogP) is 2.55. The molecule has 0 aliphatic carbocycles. The van der Waals surface area contributed by atoms with Crippen LogP contribution in [0.25, 0.3) is 0 Å². The summed E-state index contributed by atoms with van der Waals surface area (Å²) in [6, 6.07) is 6.87. The summed E-state index contributed by atoms with van der Waals surface area (Å²) >= 11 is 0. The fourth-order valence-corrected chi connectivity index (χ4v) is 1.68. The maximum atomic E-state index is 13.9. The van der Waals surface area contributed by atoms with Crippen molar-refractivity contribution in [2.45, 2.75) is 0 Å². The molecule has 0 aliphatic rings. The average Bonchev–Trinajstić information content (AvgIpc) is 2.56. The highest BCUT2D eigenvalue weighted by molar-refractivity contribution is 5.92. The van der Waals surface area contributed by atoms with Crippen molar-refractivity contribution < 1.29 is 23.5 Å². The number of anilines is 1. The van der Waals surface area contributed by atoms with Crippen LogP contribution < -0.4 is 15.4 Å². The molecular formula is C15H14FN3O4. The van der Waals surface area contributed by atoms with Crippen LogP contribution in [0.4, 0.5) is 14.9 Å². The lowest BCUT2D eigenvalue weighted by Crippen LogP contribution is -2.18. The molecule has 2 rings (SSSR count). The molecule has 0 saturated carbocycles. The van der Waals surface area contributed by atoms with Gasteiger partial charge in [-0.05, 0) is 18.2 Å². The largest absolute Gasteiger partial charge is 0.457 e. The van der Waals surface area contributed by atoms with Gasteiger partial charge in [0.1, 0.15) is 17.2 Å². The zero-order valence-corrected chi connectivity index (χ0v) is 12.4. The highest BCUT2D eigenvalue weighted by Crippen LogP contribution is 2.25. The summed E-state index contributed by atoms with van der Waals surface area (Å²) in [4.78, 5) is 26.5. The Labute approximate surface area is 131 Å². The first-order valence-electron chi connectivity index (χ1n) is 6.54. The molecule has 1 heterocycles. The van der Waals surface area contributed by atoms with Gasteiger partial charge in [-0.2, -0.15) is 0 Å². The number of carbonyl (C=O) groups excluding carboxylic acids is 2. The van der Waals surface area contributed by atoms with E-state index in [4.69, 9.17) is 4.74 Å². The van der Waals surface area contributed by atoms with Crippen LogP contribution in [-0.2, 0) is 4.74 Å². The van der Waals surface area contributed by atoms with Crippen LogP contribution in [0.5, 0.6) is 11.5 Å². The molecule has 1 aromatic carbocycles. The van der Waals surface area contributed by atoms with Crippen LogP contribution in [-0.4, -0.2) is 31.1 Å². The third-order valence-electron chi connectivity index (χ3n) is 2.79. The quantitative estimate of drug-likeness (QED) is 0.904. The van der Waals surface area contributed by atoms with Gasteiger partial charge < -0.3 is 14.8 Å². The number of nitrogens with one attached hydrogen (secondary N) is 2. The average molecular weight is 319 g/mol. The summed E-state index contributed by atoms with van der Waals surface area (Å²) in [6.45, 7) is 0. The molecule has 23 heavy (non-hydrogen) atoms. The van der Waals surface area contributed by atoms with Crippen LogP contribution >= 0.6 is 0 Å². The molecule has 0 saturated heterocycles. The van der Waals surface area contributed by atoms with Crippen LogP contribution in [0.1, 0.15) is 10.5 Å². The second kappa shape index (κ2) is 7.21. The smallest absolute Gasteiger partial charge is 0.411 e. The Morgan fingerprint density at radius 1 is 1.17 bits per heavy atom. The number of nitrogens with zero attached hydrogens (tertiary/aromatic N) is 1. The molecular weight excluding hydrogens is 305 g/mol. The van der Waals surface area contributed by atoms with Crippen molar-refractivity contribution in [1.82, 2.24) is 10.3 Å². The SMILES string of the molecule is CNC(=O)c1cc(Oc2ccc(NC(=O)OC)c(F)c2)ccn1. The Kier molecular flexibility index (Phi) is 5.08. The van der Waals surface area contributed by atoms with E-state index < -0.39 is 11.9 Å². The molecule has 0 radical (unpaired) electrons. The first-order valence-corrected chi connectivity index (χ1v) is 6.54. The van der Waals surface area contributed by atoms with Gasteiger partial charge >= 0.3 is 6.09 Å². The Balaban J connectivity index is 2.16.